The van der Waals surface area contributed by atoms with Crippen molar-refractivity contribution in [3.63, 3.8) is 0 Å². The Morgan fingerprint density at radius 1 is 1.59 bits per heavy atom. The molecular formula is C9H17N5O3. The summed E-state index contributed by atoms with van der Waals surface area (Å²) in [6, 6.07) is 0.271. The van der Waals surface area contributed by atoms with Crippen molar-refractivity contribution < 1.29 is 13.9 Å². The molecule has 0 radical (unpaired) electrons. The zero-order valence-electron chi connectivity index (χ0n) is 9.97. The van der Waals surface area contributed by atoms with Crippen molar-refractivity contribution in [3.8, 4) is 0 Å². The van der Waals surface area contributed by atoms with Crippen LogP contribution in [0.3, 0.4) is 0 Å². The van der Waals surface area contributed by atoms with Gasteiger partial charge in [0, 0.05) is 20.7 Å². The number of carbonyl (C=O) groups is 1. The Hall–Kier alpha value is -1.67. The van der Waals surface area contributed by atoms with Crippen LogP contribution < -0.4 is 16.0 Å². The fraction of sp³-hybridized carbons (Fsp3) is 0.667. The molecule has 0 saturated heterocycles. The van der Waals surface area contributed by atoms with E-state index in [1.54, 1.807) is 19.1 Å². The van der Waals surface area contributed by atoms with Gasteiger partial charge in [-0.05, 0) is 0 Å². The molecule has 0 aromatic carbocycles. The third kappa shape index (κ3) is 4.37. The van der Waals surface area contributed by atoms with Crippen LogP contribution >= 0.6 is 0 Å². The second kappa shape index (κ2) is 6.81. The van der Waals surface area contributed by atoms with Crippen molar-refractivity contribution in [2.45, 2.75) is 6.54 Å². The van der Waals surface area contributed by atoms with E-state index in [1.165, 1.54) is 0 Å². The Bertz CT molecular complexity index is 354. The molecular weight excluding hydrogens is 226 g/mol. The smallest absolute Gasteiger partial charge is 0.318 e. The van der Waals surface area contributed by atoms with E-state index in [0.29, 0.717) is 19.0 Å². The highest BCUT2D eigenvalue weighted by Crippen LogP contribution is 2.08. The first-order valence-electron chi connectivity index (χ1n) is 5.16. The van der Waals surface area contributed by atoms with Crippen LogP contribution in [0.15, 0.2) is 4.42 Å². The monoisotopic (exact) mass is 243 g/mol. The molecule has 8 nitrogen and oxygen atoms in total. The van der Waals surface area contributed by atoms with Gasteiger partial charge in [0.05, 0.1) is 13.2 Å². The molecule has 8 heteroatoms. The van der Waals surface area contributed by atoms with E-state index in [2.05, 4.69) is 15.5 Å². The number of hydrogen-bond acceptors (Lipinski definition) is 7. The van der Waals surface area contributed by atoms with Crippen LogP contribution in [-0.2, 0) is 16.1 Å². The van der Waals surface area contributed by atoms with Crippen molar-refractivity contribution in [3.05, 3.63) is 5.89 Å². The van der Waals surface area contributed by atoms with E-state index < -0.39 is 0 Å². The maximum atomic E-state index is 11.5. The number of likely N-dealkylation sites (N-methyl/N-ethyl adjacent to an activating group) is 1. The van der Waals surface area contributed by atoms with Crippen LogP contribution in [0.5, 0.6) is 0 Å². The summed E-state index contributed by atoms with van der Waals surface area (Å²) in [6.45, 7) is 1.27. The lowest BCUT2D eigenvalue weighted by Gasteiger charge is -2.13. The third-order valence-electron chi connectivity index (χ3n) is 1.97. The molecule has 0 aliphatic carbocycles. The summed E-state index contributed by atoms with van der Waals surface area (Å²) in [6.07, 6.45) is 0. The Labute approximate surface area is 99.1 Å². The van der Waals surface area contributed by atoms with Gasteiger partial charge in [0.1, 0.15) is 6.54 Å². The van der Waals surface area contributed by atoms with Crippen LogP contribution in [0.25, 0.3) is 0 Å². The highest BCUT2D eigenvalue weighted by molar-refractivity contribution is 5.80. The van der Waals surface area contributed by atoms with Crippen molar-refractivity contribution in [1.29, 1.82) is 0 Å². The predicted molar refractivity (Wildman–Crippen MR) is 60.3 cm³/mol. The average molecular weight is 243 g/mol. The number of amides is 1. The molecule has 0 atom stereocenters. The molecule has 3 N–H and O–H groups in total. The molecule has 0 unspecified atom stereocenters. The Balaban J connectivity index is 2.37. The van der Waals surface area contributed by atoms with Gasteiger partial charge in [-0.15, -0.1) is 5.10 Å². The van der Waals surface area contributed by atoms with Gasteiger partial charge in [0.15, 0.2) is 0 Å². The Morgan fingerprint density at radius 2 is 2.35 bits per heavy atom. The lowest BCUT2D eigenvalue weighted by molar-refractivity contribution is -0.119. The van der Waals surface area contributed by atoms with E-state index in [4.69, 9.17) is 14.9 Å². The van der Waals surface area contributed by atoms with Gasteiger partial charge in [-0.1, -0.05) is 5.10 Å². The zero-order valence-corrected chi connectivity index (χ0v) is 9.97. The number of aromatic nitrogens is 2. The van der Waals surface area contributed by atoms with Crippen molar-refractivity contribution in [1.82, 2.24) is 15.5 Å². The minimum Gasteiger partial charge on any atom is -0.407 e. The molecule has 0 aliphatic heterocycles. The van der Waals surface area contributed by atoms with Gasteiger partial charge in [-0.25, -0.2) is 0 Å². The summed E-state index contributed by atoms with van der Waals surface area (Å²) in [5.74, 6) is 0.198. The molecule has 1 amide bonds. The summed E-state index contributed by atoms with van der Waals surface area (Å²) >= 11 is 0. The van der Waals surface area contributed by atoms with E-state index in [-0.39, 0.29) is 25.0 Å². The number of nitrogens with zero attached hydrogens (tertiary/aromatic N) is 3. The Morgan fingerprint density at radius 3 is 2.94 bits per heavy atom. The molecule has 0 spiro atoms. The van der Waals surface area contributed by atoms with Crippen LogP contribution in [0.4, 0.5) is 6.01 Å². The number of nitrogens with one attached hydrogen (secondary N) is 1. The van der Waals surface area contributed by atoms with Crippen LogP contribution in [0.1, 0.15) is 5.89 Å². The van der Waals surface area contributed by atoms with Gasteiger partial charge < -0.3 is 25.1 Å². The third-order valence-corrected chi connectivity index (χ3v) is 1.97. The lowest BCUT2D eigenvalue weighted by atomic mass is 10.5. The molecule has 0 bridgehead atoms. The summed E-state index contributed by atoms with van der Waals surface area (Å²) in [5.41, 5.74) is 5.34. The Kier molecular flexibility index (Phi) is 5.37. The molecule has 0 fully saturated rings. The first-order valence-corrected chi connectivity index (χ1v) is 5.16. The number of nitrogens with two attached hydrogens (primary N) is 1. The highest BCUT2D eigenvalue weighted by Gasteiger charge is 2.12. The summed E-state index contributed by atoms with van der Waals surface area (Å²) in [4.78, 5) is 13.0. The molecule has 0 saturated carbocycles. The number of carbonyl (C=O) groups excluding carboxylic acids is 1. The number of rotatable bonds is 7. The van der Waals surface area contributed by atoms with Gasteiger partial charge in [0.2, 0.25) is 11.8 Å². The van der Waals surface area contributed by atoms with Gasteiger partial charge in [-0.3, -0.25) is 4.79 Å². The molecule has 0 aliphatic rings. The van der Waals surface area contributed by atoms with Gasteiger partial charge in [0.25, 0.3) is 0 Å². The molecule has 1 aromatic heterocycles. The minimum absolute atomic E-state index is 0.135. The zero-order chi connectivity index (χ0) is 12.7. The summed E-state index contributed by atoms with van der Waals surface area (Å²) in [5, 5.41) is 10.1. The molecule has 1 aromatic rings. The van der Waals surface area contributed by atoms with Crippen molar-refractivity contribution in [2.75, 3.05) is 38.8 Å². The number of hydrogen-bond donors (Lipinski definition) is 2. The first-order chi connectivity index (χ1) is 8.17. The summed E-state index contributed by atoms with van der Waals surface area (Å²) in [7, 11) is 3.26. The molecule has 17 heavy (non-hydrogen) atoms. The number of methoxy groups -OCH3 is 1. The fourth-order valence-electron chi connectivity index (χ4n) is 1.11. The maximum absolute atomic E-state index is 11.5. The van der Waals surface area contributed by atoms with Crippen LogP contribution in [0, 0.1) is 0 Å². The number of anilines is 1. The van der Waals surface area contributed by atoms with E-state index in [9.17, 15) is 4.79 Å². The largest absolute Gasteiger partial charge is 0.407 e. The fourth-order valence-corrected chi connectivity index (χ4v) is 1.11. The molecule has 1 heterocycles. The highest BCUT2D eigenvalue weighted by atomic mass is 16.5. The molecule has 1 rings (SSSR count). The predicted octanol–water partition coefficient (Wildman–Crippen LogP) is -1.27. The second-order valence-electron chi connectivity index (χ2n) is 3.38. The normalized spacial score (nSPS) is 10.3. The standard InChI is InChI=1S/C9H17N5O3/c1-14(6-7(15)11-3-4-16-2)9-13-12-8(5-10)17-9/h3-6,10H2,1-2H3,(H,11,15). The summed E-state index contributed by atoms with van der Waals surface area (Å²) < 4.78 is 10.0. The number of ether oxygens (including phenoxy) is 1. The van der Waals surface area contributed by atoms with E-state index in [1.807, 2.05) is 0 Å². The second-order valence-corrected chi connectivity index (χ2v) is 3.38. The first kappa shape index (κ1) is 13.4. The van der Waals surface area contributed by atoms with Gasteiger partial charge in [-0.2, -0.15) is 0 Å². The van der Waals surface area contributed by atoms with Crippen molar-refractivity contribution >= 4 is 11.9 Å². The topological polar surface area (TPSA) is 107 Å². The van der Waals surface area contributed by atoms with Gasteiger partial charge >= 0.3 is 6.01 Å². The quantitative estimate of drug-likeness (QED) is 0.575. The molecule has 96 valence electrons. The minimum atomic E-state index is -0.142. The van der Waals surface area contributed by atoms with Crippen LogP contribution in [-0.4, -0.2) is 50.0 Å². The van der Waals surface area contributed by atoms with Crippen LogP contribution in [0.2, 0.25) is 0 Å². The SMILES string of the molecule is COCCNC(=O)CN(C)c1nnc(CN)o1. The maximum Gasteiger partial charge on any atom is 0.318 e. The van der Waals surface area contributed by atoms with E-state index >= 15 is 0 Å². The van der Waals surface area contributed by atoms with E-state index in [0.717, 1.165) is 0 Å². The lowest BCUT2D eigenvalue weighted by Crippen LogP contribution is -2.36. The average Bonchev–Trinajstić information content (AvgIpc) is 2.78. The van der Waals surface area contributed by atoms with Crippen molar-refractivity contribution in [2.24, 2.45) is 5.73 Å².